The predicted molar refractivity (Wildman–Crippen MR) is 94.1 cm³/mol. The van der Waals surface area contributed by atoms with Gasteiger partial charge in [-0.2, -0.15) is 0 Å². The van der Waals surface area contributed by atoms with Gasteiger partial charge in [-0.05, 0) is 31.2 Å². The molecule has 7 heteroatoms. The van der Waals surface area contributed by atoms with E-state index in [-0.39, 0.29) is 30.3 Å². The van der Waals surface area contributed by atoms with Crippen LogP contribution < -0.4 is 10.2 Å². The number of halogens is 2. The molecule has 0 unspecified atom stereocenters. The molecule has 0 aliphatic heterocycles. The van der Waals surface area contributed by atoms with E-state index >= 15 is 0 Å². The summed E-state index contributed by atoms with van der Waals surface area (Å²) < 4.78 is 26.5. The fourth-order valence-corrected chi connectivity index (χ4v) is 2.38. The Morgan fingerprint density at radius 3 is 2.38 bits per heavy atom. The molecule has 0 bridgehead atoms. The van der Waals surface area contributed by atoms with Crippen LogP contribution in [0.25, 0.3) is 0 Å². The van der Waals surface area contributed by atoms with Crippen molar-refractivity contribution in [3.05, 3.63) is 59.7 Å². The fraction of sp³-hybridized carbons (Fsp3) is 0.211. The van der Waals surface area contributed by atoms with Gasteiger partial charge >= 0.3 is 0 Å². The van der Waals surface area contributed by atoms with Crippen molar-refractivity contribution in [1.82, 2.24) is 0 Å². The molecule has 5 nitrogen and oxygen atoms in total. The number of benzene rings is 2. The van der Waals surface area contributed by atoms with Crippen molar-refractivity contribution in [2.75, 3.05) is 16.8 Å². The van der Waals surface area contributed by atoms with E-state index in [1.54, 1.807) is 24.3 Å². The van der Waals surface area contributed by atoms with Crippen molar-refractivity contribution in [3.8, 4) is 0 Å². The number of hydrogen-bond donors (Lipinski definition) is 1. The Morgan fingerprint density at radius 2 is 1.77 bits per heavy atom. The van der Waals surface area contributed by atoms with Gasteiger partial charge in [0.05, 0.1) is 5.69 Å². The summed E-state index contributed by atoms with van der Waals surface area (Å²) >= 11 is 0. The largest absolute Gasteiger partial charge is 0.324 e. The van der Waals surface area contributed by atoms with Gasteiger partial charge in [0.2, 0.25) is 11.8 Å². The van der Waals surface area contributed by atoms with Crippen LogP contribution in [0.15, 0.2) is 42.5 Å². The molecule has 0 aliphatic rings. The number of carbonyl (C=O) groups is 3. The number of anilines is 2. The first-order valence-electron chi connectivity index (χ1n) is 7.92. The second kappa shape index (κ2) is 8.33. The highest BCUT2D eigenvalue weighted by Crippen LogP contribution is 2.18. The summed E-state index contributed by atoms with van der Waals surface area (Å²) in [5.41, 5.74) is 0.807. The van der Waals surface area contributed by atoms with E-state index in [9.17, 15) is 23.2 Å². The Balaban J connectivity index is 2.06. The quantitative estimate of drug-likeness (QED) is 0.801. The molecule has 0 aromatic heterocycles. The van der Waals surface area contributed by atoms with E-state index in [2.05, 4.69) is 5.32 Å². The number of amides is 2. The standard InChI is InChI=1S/C19H18F2N2O3/c1-12(24)14-4-3-5-16(10-14)23(13(2)25)9-8-19(26)22-18-7-6-15(20)11-17(18)21/h3-7,10-11H,8-9H2,1-2H3,(H,22,26). The Kier molecular flexibility index (Phi) is 6.16. The summed E-state index contributed by atoms with van der Waals surface area (Å²) in [5, 5.41) is 2.34. The molecule has 136 valence electrons. The molecule has 1 N–H and O–H groups in total. The van der Waals surface area contributed by atoms with Gasteiger partial charge in [-0.3, -0.25) is 14.4 Å². The molecular weight excluding hydrogens is 342 g/mol. The van der Waals surface area contributed by atoms with Crippen molar-refractivity contribution in [1.29, 1.82) is 0 Å². The number of nitrogens with zero attached hydrogens (tertiary/aromatic N) is 1. The van der Waals surface area contributed by atoms with Crippen molar-refractivity contribution in [2.45, 2.75) is 20.3 Å². The lowest BCUT2D eigenvalue weighted by atomic mass is 10.1. The van der Waals surface area contributed by atoms with Crippen molar-refractivity contribution >= 4 is 29.0 Å². The summed E-state index contributed by atoms with van der Waals surface area (Å²) in [6, 6.07) is 9.34. The minimum atomic E-state index is -0.879. The maximum absolute atomic E-state index is 13.6. The first-order chi connectivity index (χ1) is 12.3. The third kappa shape index (κ3) is 4.95. The second-order valence-electron chi connectivity index (χ2n) is 5.70. The third-order valence-corrected chi connectivity index (χ3v) is 3.71. The van der Waals surface area contributed by atoms with Gasteiger partial charge in [0, 0.05) is 37.2 Å². The molecule has 26 heavy (non-hydrogen) atoms. The topological polar surface area (TPSA) is 66.5 Å². The van der Waals surface area contributed by atoms with E-state index in [0.29, 0.717) is 17.3 Å². The first kappa shape index (κ1) is 19.2. The lowest BCUT2D eigenvalue weighted by Crippen LogP contribution is -2.32. The zero-order valence-electron chi connectivity index (χ0n) is 14.4. The first-order valence-corrected chi connectivity index (χ1v) is 7.92. The highest BCUT2D eigenvalue weighted by molar-refractivity contribution is 5.98. The van der Waals surface area contributed by atoms with Crippen molar-refractivity contribution in [3.63, 3.8) is 0 Å². The maximum Gasteiger partial charge on any atom is 0.226 e. The zero-order valence-corrected chi connectivity index (χ0v) is 14.4. The fourth-order valence-electron chi connectivity index (χ4n) is 2.38. The number of Topliss-reactive ketones (excluding diaryl/α,β-unsaturated/α-hetero) is 1. The average molecular weight is 360 g/mol. The van der Waals surface area contributed by atoms with Crippen LogP contribution in [-0.2, 0) is 9.59 Å². The molecule has 0 atom stereocenters. The molecule has 0 saturated carbocycles. The van der Waals surface area contributed by atoms with Crippen molar-refractivity contribution < 1.29 is 23.2 Å². The van der Waals surface area contributed by atoms with Gasteiger partial charge in [0.25, 0.3) is 0 Å². The van der Waals surface area contributed by atoms with Crippen LogP contribution in [0.4, 0.5) is 20.2 Å². The normalized spacial score (nSPS) is 10.3. The smallest absolute Gasteiger partial charge is 0.226 e. The van der Waals surface area contributed by atoms with Crippen LogP contribution in [0, 0.1) is 11.6 Å². The van der Waals surface area contributed by atoms with Gasteiger partial charge in [0.1, 0.15) is 11.6 Å². The number of nitrogens with one attached hydrogen (secondary N) is 1. The third-order valence-electron chi connectivity index (χ3n) is 3.71. The molecule has 2 aromatic rings. The molecule has 0 aliphatic carbocycles. The van der Waals surface area contributed by atoms with Crippen LogP contribution in [-0.4, -0.2) is 24.1 Å². The summed E-state index contributed by atoms with van der Waals surface area (Å²) in [7, 11) is 0. The molecule has 0 fully saturated rings. The monoisotopic (exact) mass is 360 g/mol. The van der Waals surface area contributed by atoms with E-state index < -0.39 is 17.5 Å². The van der Waals surface area contributed by atoms with Gasteiger partial charge in [-0.25, -0.2) is 8.78 Å². The predicted octanol–water partition coefficient (Wildman–Crippen LogP) is 3.55. The molecule has 2 amide bonds. The Morgan fingerprint density at radius 1 is 1.04 bits per heavy atom. The average Bonchev–Trinajstić information content (AvgIpc) is 2.57. The van der Waals surface area contributed by atoms with Crippen LogP contribution in [0.1, 0.15) is 30.6 Å². The van der Waals surface area contributed by atoms with E-state index in [1.807, 2.05) is 0 Å². The highest BCUT2D eigenvalue weighted by atomic mass is 19.1. The van der Waals surface area contributed by atoms with E-state index in [0.717, 1.165) is 12.1 Å². The molecular formula is C19H18F2N2O3. The molecule has 0 heterocycles. The van der Waals surface area contributed by atoms with Crippen LogP contribution in [0.3, 0.4) is 0 Å². The van der Waals surface area contributed by atoms with Crippen LogP contribution in [0.2, 0.25) is 0 Å². The van der Waals surface area contributed by atoms with Crippen LogP contribution >= 0.6 is 0 Å². The van der Waals surface area contributed by atoms with E-state index in [4.69, 9.17) is 0 Å². The molecule has 2 aromatic carbocycles. The molecule has 0 spiro atoms. The summed E-state index contributed by atoms with van der Waals surface area (Å²) in [5.74, 6) is -2.58. The van der Waals surface area contributed by atoms with Crippen LogP contribution in [0.5, 0.6) is 0 Å². The highest BCUT2D eigenvalue weighted by Gasteiger charge is 2.15. The van der Waals surface area contributed by atoms with Gasteiger partial charge in [-0.1, -0.05) is 12.1 Å². The molecule has 0 saturated heterocycles. The van der Waals surface area contributed by atoms with E-state index in [1.165, 1.54) is 18.7 Å². The minimum Gasteiger partial charge on any atom is -0.324 e. The Hall–Kier alpha value is -3.09. The Labute approximate surface area is 149 Å². The van der Waals surface area contributed by atoms with Gasteiger partial charge in [-0.15, -0.1) is 0 Å². The van der Waals surface area contributed by atoms with Gasteiger partial charge < -0.3 is 10.2 Å². The SMILES string of the molecule is CC(=O)c1cccc(N(CCC(=O)Nc2ccc(F)cc2F)C(C)=O)c1. The second-order valence-corrected chi connectivity index (χ2v) is 5.70. The summed E-state index contributed by atoms with van der Waals surface area (Å²) in [4.78, 5) is 36.8. The minimum absolute atomic E-state index is 0.0470. The number of hydrogen-bond acceptors (Lipinski definition) is 3. The molecule has 2 rings (SSSR count). The number of rotatable bonds is 6. The zero-order chi connectivity index (χ0) is 19.3. The number of ketones is 1. The summed E-state index contributed by atoms with van der Waals surface area (Å²) in [6.45, 7) is 2.81. The lowest BCUT2D eigenvalue weighted by molar-refractivity contribution is -0.117. The molecule has 0 radical (unpaired) electrons. The lowest BCUT2D eigenvalue weighted by Gasteiger charge is -2.21. The Bertz CT molecular complexity index is 852. The van der Waals surface area contributed by atoms with Crippen molar-refractivity contribution in [2.24, 2.45) is 0 Å². The summed E-state index contributed by atoms with van der Waals surface area (Å²) in [6.07, 6.45) is -0.0965. The number of carbonyl (C=O) groups excluding carboxylic acids is 3. The van der Waals surface area contributed by atoms with Gasteiger partial charge in [0.15, 0.2) is 5.78 Å². The maximum atomic E-state index is 13.6.